The van der Waals surface area contributed by atoms with Gasteiger partial charge >= 0.3 is 5.97 Å². The molecular formula is C17H30N4O2S. The number of hydrogen-bond acceptors (Lipinski definition) is 5. The highest BCUT2D eigenvalue weighted by Gasteiger charge is 2.01. The molecule has 1 aromatic heterocycles. The van der Waals surface area contributed by atoms with E-state index in [0.717, 1.165) is 62.7 Å². The number of hydrogen-bond donors (Lipinski definition) is 2. The van der Waals surface area contributed by atoms with Crippen molar-refractivity contribution in [3.63, 3.8) is 0 Å². The largest absolute Gasteiger partial charge is 0.469 e. The van der Waals surface area contributed by atoms with Crippen LogP contribution in [-0.2, 0) is 16.0 Å². The third-order valence-electron chi connectivity index (χ3n) is 3.43. The molecule has 0 saturated heterocycles. The number of methoxy groups -OCH3 is 1. The summed E-state index contributed by atoms with van der Waals surface area (Å²) in [6, 6.07) is 0. The van der Waals surface area contributed by atoms with Crippen LogP contribution < -0.4 is 10.6 Å². The summed E-state index contributed by atoms with van der Waals surface area (Å²) in [6.07, 6.45) is 7.39. The molecule has 1 rings (SSSR count). The zero-order chi connectivity index (χ0) is 17.6. The molecule has 2 N–H and O–H groups in total. The molecule has 7 heteroatoms. The van der Waals surface area contributed by atoms with Gasteiger partial charge in [-0.15, -0.1) is 11.3 Å². The summed E-state index contributed by atoms with van der Waals surface area (Å²) in [6.45, 7) is 6.61. The summed E-state index contributed by atoms with van der Waals surface area (Å²) in [4.78, 5) is 21.2. The second-order valence-corrected chi connectivity index (χ2v) is 6.86. The second kappa shape index (κ2) is 12.8. The number of nitrogens with one attached hydrogen (secondary N) is 2. The minimum atomic E-state index is -0.123. The Morgan fingerprint density at radius 3 is 2.75 bits per heavy atom. The van der Waals surface area contributed by atoms with Crippen LogP contribution in [0.4, 0.5) is 0 Å². The number of rotatable bonds is 11. The number of aliphatic imine (C=N–C) groups is 1. The molecule has 0 atom stereocenters. The van der Waals surface area contributed by atoms with Crippen LogP contribution in [0.2, 0.25) is 0 Å². The lowest BCUT2D eigenvalue weighted by Gasteiger charge is -2.10. The van der Waals surface area contributed by atoms with E-state index < -0.39 is 0 Å². The Balaban J connectivity index is 2.16. The van der Waals surface area contributed by atoms with Gasteiger partial charge in [0.1, 0.15) is 0 Å². The quantitative estimate of drug-likeness (QED) is 0.277. The Labute approximate surface area is 149 Å². The molecular weight excluding hydrogens is 324 g/mol. The van der Waals surface area contributed by atoms with Crippen molar-refractivity contribution in [2.24, 2.45) is 4.99 Å². The molecule has 0 fully saturated rings. The highest BCUT2D eigenvalue weighted by Crippen LogP contribution is 2.10. The third kappa shape index (κ3) is 9.50. The van der Waals surface area contributed by atoms with E-state index in [2.05, 4.69) is 39.2 Å². The number of thiazole rings is 1. The molecule has 0 aliphatic heterocycles. The molecule has 0 aliphatic rings. The monoisotopic (exact) mass is 354 g/mol. The topological polar surface area (TPSA) is 75.6 Å². The van der Waals surface area contributed by atoms with Crippen molar-refractivity contribution in [3.8, 4) is 0 Å². The van der Waals surface area contributed by atoms with Gasteiger partial charge in [-0.2, -0.15) is 0 Å². The predicted octanol–water partition coefficient (Wildman–Crippen LogP) is 2.67. The number of esters is 1. The van der Waals surface area contributed by atoms with Gasteiger partial charge in [-0.3, -0.25) is 9.79 Å². The number of aromatic nitrogens is 1. The van der Waals surface area contributed by atoms with Crippen molar-refractivity contribution in [1.82, 2.24) is 15.6 Å². The summed E-state index contributed by atoms with van der Waals surface area (Å²) in [5, 5.41) is 7.76. The van der Waals surface area contributed by atoms with E-state index in [1.54, 1.807) is 11.3 Å². The zero-order valence-corrected chi connectivity index (χ0v) is 15.9. The summed E-state index contributed by atoms with van der Waals surface area (Å²) < 4.78 is 4.63. The lowest BCUT2D eigenvalue weighted by molar-refractivity contribution is -0.140. The van der Waals surface area contributed by atoms with Gasteiger partial charge < -0.3 is 15.4 Å². The minimum absolute atomic E-state index is 0.123. The van der Waals surface area contributed by atoms with Crippen molar-refractivity contribution in [3.05, 3.63) is 16.1 Å². The number of aryl methyl sites for hydroxylation is 1. The molecule has 0 bridgehead atoms. The number of ether oxygens (including phenoxy) is 1. The Morgan fingerprint density at radius 1 is 1.29 bits per heavy atom. The number of carbonyl (C=O) groups excluding carboxylic acids is 1. The molecule has 0 unspecified atom stereocenters. The van der Waals surface area contributed by atoms with Crippen LogP contribution in [0.1, 0.15) is 48.9 Å². The fourth-order valence-corrected chi connectivity index (χ4v) is 2.96. The first-order valence-corrected chi connectivity index (χ1v) is 9.47. The average Bonchev–Trinajstić information content (AvgIpc) is 2.98. The van der Waals surface area contributed by atoms with E-state index in [1.165, 1.54) is 12.0 Å². The number of nitrogens with zero attached hydrogens (tertiary/aromatic N) is 2. The molecule has 136 valence electrons. The van der Waals surface area contributed by atoms with E-state index in [9.17, 15) is 4.79 Å². The first-order valence-electron chi connectivity index (χ1n) is 8.66. The van der Waals surface area contributed by atoms with Crippen molar-refractivity contribution >= 4 is 23.3 Å². The van der Waals surface area contributed by atoms with Gasteiger partial charge in [0.05, 0.1) is 12.1 Å². The summed E-state index contributed by atoms with van der Waals surface area (Å²) >= 11 is 1.74. The first-order chi connectivity index (χ1) is 11.7. The van der Waals surface area contributed by atoms with Gasteiger partial charge in [0.25, 0.3) is 0 Å². The Hall–Kier alpha value is -1.63. The average molecular weight is 355 g/mol. The Morgan fingerprint density at radius 2 is 2.08 bits per heavy atom. The standard InChI is InChI=1S/C17H30N4O2S/c1-4-18-17(20-12-10-15-21-13-14(2)24-15)19-11-8-6-5-7-9-16(22)23-3/h13H,4-12H2,1-3H3,(H2,18,19,20). The molecule has 1 heterocycles. The SMILES string of the molecule is CCNC(=NCCCCCCC(=O)OC)NCCc1ncc(C)s1. The van der Waals surface area contributed by atoms with Crippen molar-refractivity contribution in [2.75, 3.05) is 26.7 Å². The van der Waals surface area contributed by atoms with Crippen molar-refractivity contribution in [1.29, 1.82) is 0 Å². The maximum atomic E-state index is 11.0. The van der Waals surface area contributed by atoms with Gasteiger partial charge in [-0.1, -0.05) is 12.8 Å². The molecule has 0 saturated carbocycles. The fraction of sp³-hybridized carbons (Fsp3) is 0.706. The van der Waals surface area contributed by atoms with E-state index in [4.69, 9.17) is 0 Å². The van der Waals surface area contributed by atoms with Crippen LogP contribution in [0.25, 0.3) is 0 Å². The zero-order valence-electron chi connectivity index (χ0n) is 15.1. The number of guanidine groups is 1. The summed E-state index contributed by atoms with van der Waals surface area (Å²) in [7, 11) is 1.43. The molecule has 0 aliphatic carbocycles. The second-order valence-electron chi connectivity index (χ2n) is 5.54. The maximum Gasteiger partial charge on any atom is 0.305 e. The lowest BCUT2D eigenvalue weighted by atomic mass is 10.1. The summed E-state index contributed by atoms with van der Waals surface area (Å²) in [5.74, 6) is 0.738. The van der Waals surface area contributed by atoms with Crippen LogP contribution in [0.5, 0.6) is 0 Å². The van der Waals surface area contributed by atoms with E-state index in [1.807, 2.05) is 6.20 Å². The van der Waals surface area contributed by atoms with Gasteiger partial charge in [0.2, 0.25) is 0 Å². The first kappa shape index (κ1) is 20.4. The predicted molar refractivity (Wildman–Crippen MR) is 99.6 cm³/mol. The van der Waals surface area contributed by atoms with Gasteiger partial charge in [0, 0.05) is 43.5 Å². The van der Waals surface area contributed by atoms with E-state index in [-0.39, 0.29) is 5.97 Å². The third-order valence-corrected chi connectivity index (χ3v) is 4.40. The maximum absolute atomic E-state index is 11.0. The van der Waals surface area contributed by atoms with Crippen LogP contribution in [0, 0.1) is 6.92 Å². The minimum Gasteiger partial charge on any atom is -0.469 e. The highest BCUT2D eigenvalue weighted by atomic mass is 32.1. The lowest BCUT2D eigenvalue weighted by Crippen LogP contribution is -2.38. The molecule has 0 radical (unpaired) electrons. The highest BCUT2D eigenvalue weighted by molar-refractivity contribution is 7.11. The van der Waals surface area contributed by atoms with Crippen LogP contribution in [0.3, 0.4) is 0 Å². The van der Waals surface area contributed by atoms with E-state index >= 15 is 0 Å². The molecule has 24 heavy (non-hydrogen) atoms. The van der Waals surface area contributed by atoms with Gasteiger partial charge in [0.15, 0.2) is 5.96 Å². The Bertz CT molecular complexity index is 503. The smallest absolute Gasteiger partial charge is 0.305 e. The fourth-order valence-electron chi connectivity index (χ4n) is 2.17. The normalized spacial score (nSPS) is 11.4. The van der Waals surface area contributed by atoms with Gasteiger partial charge in [-0.05, 0) is 26.7 Å². The van der Waals surface area contributed by atoms with Crippen molar-refractivity contribution in [2.45, 2.75) is 52.4 Å². The Kier molecular flexibility index (Phi) is 10.8. The molecule has 6 nitrogen and oxygen atoms in total. The van der Waals surface area contributed by atoms with Crippen LogP contribution in [-0.4, -0.2) is 43.7 Å². The number of unbranched alkanes of at least 4 members (excludes halogenated alkanes) is 3. The van der Waals surface area contributed by atoms with Crippen molar-refractivity contribution < 1.29 is 9.53 Å². The molecule has 1 aromatic rings. The molecule has 0 spiro atoms. The van der Waals surface area contributed by atoms with E-state index in [0.29, 0.717) is 6.42 Å². The molecule has 0 amide bonds. The van der Waals surface area contributed by atoms with Crippen LogP contribution >= 0.6 is 11.3 Å². The summed E-state index contributed by atoms with van der Waals surface area (Å²) in [5.41, 5.74) is 0. The number of carbonyl (C=O) groups is 1. The molecule has 0 aromatic carbocycles. The van der Waals surface area contributed by atoms with Gasteiger partial charge in [-0.25, -0.2) is 4.98 Å². The van der Waals surface area contributed by atoms with Crippen LogP contribution in [0.15, 0.2) is 11.2 Å².